The van der Waals surface area contributed by atoms with Crippen LogP contribution in [0.25, 0.3) is 0 Å². The number of rotatable bonds is 2. The summed E-state index contributed by atoms with van der Waals surface area (Å²) in [4.78, 5) is 11.5. The Hall–Kier alpha value is -1.25. The van der Waals surface area contributed by atoms with Crippen molar-refractivity contribution in [3.05, 3.63) is 34.9 Å². The summed E-state index contributed by atoms with van der Waals surface area (Å²) in [6, 6.07) is 2.01. The Morgan fingerprint density at radius 3 is 2.29 bits per heavy atom. The first-order chi connectivity index (χ1) is 6.43. The minimum atomic E-state index is -0.785. The summed E-state index contributed by atoms with van der Waals surface area (Å²) in [6.45, 7) is 4.87. The SMILES string of the molecule is Cc1cc(C(=O)C(C)C)c(F)cc1F. The molecule has 0 aliphatic rings. The minimum absolute atomic E-state index is 0.0288. The lowest BCUT2D eigenvalue weighted by Gasteiger charge is -2.06. The number of hydrogen-bond donors (Lipinski definition) is 0. The summed E-state index contributed by atoms with van der Waals surface area (Å²) in [5, 5.41) is 0. The van der Waals surface area contributed by atoms with Crippen molar-refractivity contribution in [3.8, 4) is 0 Å². The average molecular weight is 198 g/mol. The molecule has 1 rings (SSSR count). The monoisotopic (exact) mass is 198 g/mol. The second-order valence-electron chi connectivity index (χ2n) is 3.60. The molecule has 0 aliphatic carbocycles. The second kappa shape index (κ2) is 3.86. The molecule has 0 saturated heterocycles. The van der Waals surface area contributed by atoms with E-state index in [2.05, 4.69) is 0 Å². The molecule has 0 saturated carbocycles. The van der Waals surface area contributed by atoms with Gasteiger partial charge in [-0.1, -0.05) is 13.8 Å². The molecule has 0 aromatic heterocycles. The van der Waals surface area contributed by atoms with Gasteiger partial charge in [-0.05, 0) is 18.6 Å². The van der Waals surface area contributed by atoms with E-state index in [1.54, 1.807) is 13.8 Å². The normalized spacial score (nSPS) is 10.7. The third-order valence-corrected chi connectivity index (χ3v) is 2.04. The Morgan fingerprint density at radius 2 is 1.79 bits per heavy atom. The number of aryl methyl sites for hydroxylation is 1. The van der Waals surface area contributed by atoms with Gasteiger partial charge >= 0.3 is 0 Å². The van der Waals surface area contributed by atoms with Crippen molar-refractivity contribution >= 4 is 5.78 Å². The molecule has 0 fully saturated rings. The first kappa shape index (κ1) is 10.8. The maximum Gasteiger partial charge on any atom is 0.168 e. The predicted molar refractivity (Wildman–Crippen MR) is 50.3 cm³/mol. The van der Waals surface area contributed by atoms with Crippen LogP contribution in [0, 0.1) is 24.5 Å². The summed E-state index contributed by atoms with van der Waals surface area (Å²) in [6.07, 6.45) is 0. The largest absolute Gasteiger partial charge is 0.294 e. The number of hydrogen-bond acceptors (Lipinski definition) is 1. The Labute approximate surface area is 81.7 Å². The molecule has 0 N–H and O–H groups in total. The second-order valence-corrected chi connectivity index (χ2v) is 3.60. The number of ketones is 1. The molecule has 14 heavy (non-hydrogen) atoms. The highest BCUT2D eigenvalue weighted by atomic mass is 19.1. The van der Waals surface area contributed by atoms with E-state index < -0.39 is 11.6 Å². The highest BCUT2D eigenvalue weighted by Gasteiger charge is 2.16. The van der Waals surface area contributed by atoms with E-state index in [0.29, 0.717) is 0 Å². The van der Waals surface area contributed by atoms with E-state index in [4.69, 9.17) is 0 Å². The third kappa shape index (κ3) is 1.97. The zero-order valence-corrected chi connectivity index (χ0v) is 8.40. The molecule has 0 unspecified atom stereocenters. The summed E-state index contributed by atoms with van der Waals surface area (Å²) < 4.78 is 26.1. The van der Waals surface area contributed by atoms with Crippen LogP contribution in [0.15, 0.2) is 12.1 Å². The highest BCUT2D eigenvalue weighted by molar-refractivity contribution is 5.97. The molecular weight excluding hydrogens is 186 g/mol. The standard InChI is InChI=1S/C11H12F2O/c1-6(2)11(14)8-4-7(3)9(12)5-10(8)13/h4-6H,1-3H3. The molecule has 0 amide bonds. The maximum absolute atomic E-state index is 13.2. The summed E-state index contributed by atoms with van der Waals surface area (Å²) in [5.74, 6) is -1.99. The number of carbonyl (C=O) groups is 1. The van der Waals surface area contributed by atoms with Gasteiger partial charge in [0.1, 0.15) is 11.6 Å². The van der Waals surface area contributed by atoms with Crippen molar-refractivity contribution in [1.82, 2.24) is 0 Å². The molecule has 0 atom stereocenters. The Morgan fingerprint density at radius 1 is 1.21 bits per heavy atom. The summed E-state index contributed by atoms with van der Waals surface area (Å²) in [7, 11) is 0. The predicted octanol–water partition coefficient (Wildman–Crippen LogP) is 3.11. The van der Waals surface area contributed by atoms with Crippen molar-refractivity contribution in [1.29, 1.82) is 0 Å². The number of halogens is 2. The van der Waals surface area contributed by atoms with Gasteiger partial charge in [0.05, 0.1) is 5.56 Å². The minimum Gasteiger partial charge on any atom is -0.294 e. The molecule has 0 aliphatic heterocycles. The van der Waals surface area contributed by atoms with E-state index >= 15 is 0 Å². The molecule has 1 nitrogen and oxygen atoms in total. The molecule has 1 aromatic carbocycles. The molecule has 3 heteroatoms. The first-order valence-electron chi connectivity index (χ1n) is 4.43. The average Bonchev–Trinajstić information content (AvgIpc) is 2.10. The first-order valence-corrected chi connectivity index (χ1v) is 4.43. The molecule has 0 bridgehead atoms. The zero-order chi connectivity index (χ0) is 10.9. The van der Waals surface area contributed by atoms with Crippen LogP contribution >= 0.6 is 0 Å². The van der Waals surface area contributed by atoms with E-state index in [1.165, 1.54) is 13.0 Å². The van der Waals surface area contributed by atoms with Gasteiger partial charge in [0, 0.05) is 12.0 Å². The van der Waals surface area contributed by atoms with Crippen molar-refractivity contribution in [2.45, 2.75) is 20.8 Å². The lowest BCUT2D eigenvalue weighted by atomic mass is 9.99. The lowest BCUT2D eigenvalue weighted by Crippen LogP contribution is -2.10. The molecule has 0 radical (unpaired) electrons. The smallest absolute Gasteiger partial charge is 0.168 e. The van der Waals surface area contributed by atoms with Gasteiger partial charge in [0.15, 0.2) is 5.78 Å². The van der Waals surface area contributed by atoms with Crippen molar-refractivity contribution < 1.29 is 13.6 Å². The maximum atomic E-state index is 13.2. The van der Waals surface area contributed by atoms with Crippen LogP contribution < -0.4 is 0 Å². The number of carbonyl (C=O) groups excluding carboxylic acids is 1. The van der Waals surface area contributed by atoms with Gasteiger partial charge in [0.25, 0.3) is 0 Å². The fourth-order valence-corrected chi connectivity index (χ4v) is 1.16. The van der Waals surface area contributed by atoms with E-state index in [9.17, 15) is 13.6 Å². The zero-order valence-electron chi connectivity index (χ0n) is 8.40. The highest BCUT2D eigenvalue weighted by Crippen LogP contribution is 2.17. The number of benzene rings is 1. The molecule has 0 heterocycles. The van der Waals surface area contributed by atoms with Gasteiger partial charge in [-0.3, -0.25) is 4.79 Å². The lowest BCUT2D eigenvalue weighted by molar-refractivity contribution is 0.0935. The van der Waals surface area contributed by atoms with Gasteiger partial charge in [-0.15, -0.1) is 0 Å². The van der Waals surface area contributed by atoms with Crippen molar-refractivity contribution in [3.63, 3.8) is 0 Å². The fraction of sp³-hybridized carbons (Fsp3) is 0.364. The van der Waals surface area contributed by atoms with Crippen molar-refractivity contribution in [2.24, 2.45) is 5.92 Å². The molecule has 1 aromatic rings. The van der Waals surface area contributed by atoms with Crippen LogP contribution in [0.4, 0.5) is 8.78 Å². The van der Waals surface area contributed by atoms with E-state index in [0.717, 1.165) is 6.07 Å². The van der Waals surface area contributed by atoms with Crippen LogP contribution in [0.3, 0.4) is 0 Å². The van der Waals surface area contributed by atoms with Crippen LogP contribution in [0.2, 0.25) is 0 Å². The topological polar surface area (TPSA) is 17.1 Å². The van der Waals surface area contributed by atoms with Crippen LogP contribution in [0.5, 0.6) is 0 Å². The van der Waals surface area contributed by atoms with E-state index in [1.807, 2.05) is 0 Å². The third-order valence-electron chi connectivity index (χ3n) is 2.04. The van der Waals surface area contributed by atoms with Crippen LogP contribution in [-0.4, -0.2) is 5.78 Å². The molecular formula is C11H12F2O. The fourth-order valence-electron chi connectivity index (χ4n) is 1.16. The van der Waals surface area contributed by atoms with Gasteiger partial charge < -0.3 is 0 Å². The Kier molecular flexibility index (Phi) is 2.99. The Balaban J connectivity index is 3.22. The van der Waals surface area contributed by atoms with Gasteiger partial charge in [-0.25, -0.2) is 8.78 Å². The van der Waals surface area contributed by atoms with E-state index in [-0.39, 0.29) is 22.8 Å². The number of Topliss-reactive ketones (excluding diaryl/α,β-unsaturated/α-hetero) is 1. The molecule has 76 valence electrons. The molecule has 0 spiro atoms. The summed E-state index contributed by atoms with van der Waals surface area (Å²) in [5.41, 5.74) is 0.259. The van der Waals surface area contributed by atoms with Gasteiger partial charge in [-0.2, -0.15) is 0 Å². The van der Waals surface area contributed by atoms with Gasteiger partial charge in [0.2, 0.25) is 0 Å². The quantitative estimate of drug-likeness (QED) is 0.667. The Bertz CT molecular complexity index is 370. The van der Waals surface area contributed by atoms with Crippen molar-refractivity contribution in [2.75, 3.05) is 0 Å². The van der Waals surface area contributed by atoms with Crippen LogP contribution in [0.1, 0.15) is 29.8 Å². The summed E-state index contributed by atoms with van der Waals surface area (Å²) >= 11 is 0. The van der Waals surface area contributed by atoms with Crippen LogP contribution in [-0.2, 0) is 0 Å².